The Hall–Kier alpha value is 0.394. The average Bonchev–Trinajstić information content (AvgIpc) is 2.51. The zero-order valence-corrected chi connectivity index (χ0v) is 21.7. The van der Waals surface area contributed by atoms with Gasteiger partial charge in [0, 0.05) is 24.1 Å². The van der Waals surface area contributed by atoms with Crippen molar-refractivity contribution in [1.29, 1.82) is 0 Å². The summed E-state index contributed by atoms with van der Waals surface area (Å²) in [5.74, 6) is 0.483. The summed E-state index contributed by atoms with van der Waals surface area (Å²) in [5, 5.41) is 14.8. The molecule has 0 aliphatic heterocycles. The summed E-state index contributed by atoms with van der Waals surface area (Å²) >= 11 is -0.556. The Morgan fingerprint density at radius 1 is 1.08 bits per heavy atom. The molecule has 0 heterocycles. The molecule has 26 heavy (non-hydrogen) atoms. The summed E-state index contributed by atoms with van der Waals surface area (Å²) in [7, 11) is 9.77. The van der Waals surface area contributed by atoms with Crippen molar-refractivity contribution in [3.05, 3.63) is 47.0 Å². The van der Waals surface area contributed by atoms with E-state index in [4.69, 9.17) is 18.6 Å². The first-order valence-corrected chi connectivity index (χ1v) is 16.3. The number of hydrogen-bond acceptors (Lipinski definition) is 1. The number of rotatable bonds is 3. The summed E-state index contributed by atoms with van der Waals surface area (Å²) < 4.78 is 0. The van der Waals surface area contributed by atoms with E-state index in [0.717, 1.165) is 10.9 Å². The molecule has 0 saturated heterocycles. The molecule has 0 saturated carbocycles. The SMILES string of the molecule is Cc1cc(Pc2c(C)cccc2[PH+](C)C)c(O)c(C(C)(C)C)c1.[Cl][Ti][Cl]. The minimum absolute atomic E-state index is 0.0473. The molecule has 1 N–H and O–H groups in total. The molecule has 2 aromatic rings. The minimum atomic E-state index is -0.556. The zero-order chi connectivity index (χ0) is 20.1. The Morgan fingerprint density at radius 3 is 2.15 bits per heavy atom. The maximum absolute atomic E-state index is 10.8. The van der Waals surface area contributed by atoms with Crippen molar-refractivity contribution in [3.8, 4) is 5.75 Å². The van der Waals surface area contributed by atoms with Gasteiger partial charge in [0.1, 0.15) is 5.75 Å². The van der Waals surface area contributed by atoms with Gasteiger partial charge < -0.3 is 5.11 Å². The van der Waals surface area contributed by atoms with Gasteiger partial charge in [-0.15, -0.1) is 0 Å². The second-order valence-corrected chi connectivity index (χ2v) is 14.1. The van der Waals surface area contributed by atoms with E-state index >= 15 is 0 Å². The van der Waals surface area contributed by atoms with Crippen LogP contribution in [0.4, 0.5) is 0 Å². The molecule has 0 bridgehead atoms. The standard InChI is InChI=1S/C20H28OP2.2ClH.Ti/c1-13-11-15(20(3,4)5)18(21)16(12-13)22-19-14(2)9-8-10-17(19)23(6)7;;;/h8-12,21-22H,1-7H3;2*1H;/q;;;+2/p-1. The van der Waals surface area contributed by atoms with Crippen LogP contribution in [0.15, 0.2) is 30.3 Å². The third-order valence-corrected chi connectivity index (χ3v) is 7.44. The van der Waals surface area contributed by atoms with E-state index in [0.29, 0.717) is 14.3 Å². The van der Waals surface area contributed by atoms with Gasteiger partial charge in [-0.1, -0.05) is 47.6 Å². The third-order valence-electron chi connectivity index (χ3n) is 4.13. The quantitative estimate of drug-likeness (QED) is 0.474. The van der Waals surface area contributed by atoms with Gasteiger partial charge in [-0.25, -0.2) is 0 Å². The summed E-state index contributed by atoms with van der Waals surface area (Å²) in [6.45, 7) is 15.5. The summed E-state index contributed by atoms with van der Waals surface area (Å²) in [6, 6.07) is 10.9. The van der Waals surface area contributed by atoms with Crippen molar-refractivity contribution in [1.82, 2.24) is 0 Å². The predicted octanol–water partition coefficient (Wildman–Crippen LogP) is 5.41. The van der Waals surface area contributed by atoms with Crippen LogP contribution in [0.25, 0.3) is 0 Å². The van der Waals surface area contributed by atoms with E-state index in [1.165, 1.54) is 21.7 Å². The van der Waals surface area contributed by atoms with Crippen LogP contribution >= 0.6 is 35.1 Å². The molecule has 142 valence electrons. The predicted molar refractivity (Wildman–Crippen MR) is 122 cm³/mol. The number of phenols is 1. The molecule has 6 heteroatoms. The van der Waals surface area contributed by atoms with Crippen molar-refractivity contribution in [3.63, 3.8) is 0 Å². The molecule has 1 atom stereocenters. The Labute approximate surface area is 178 Å². The Bertz CT molecular complexity index is 743. The van der Waals surface area contributed by atoms with Crippen LogP contribution in [0.5, 0.6) is 5.75 Å². The molecule has 0 spiro atoms. The molecule has 0 radical (unpaired) electrons. The van der Waals surface area contributed by atoms with Crippen LogP contribution in [0, 0.1) is 13.8 Å². The Kier molecular flexibility index (Phi) is 10.2. The van der Waals surface area contributed by atoms with E-state index in [9.17, 15) is 5.11 Å². The first kappa shape index (κ1) is 24.4. The average molecular weight is 466 g/mol. The molecule has 0 aliphatic rings. The molecule has 0 aromatic heterocycles. The van der Waals surface area contributed by atoms with Gasteiger partial charge in [-0.05, 0) is 42.5 Å². The number of phenolic OH excluding ortho intramolecular Hbond substituents is 1. The maximum atomic E-state index is 10.8. The van der Waals surface area contributed by atoms with Gasteiger partial charge in [0.2, 0.25) is 0 Å². The number of hydrogen-bond donors (Lipinski definition) is 1. The molecule has 2 rings (SSSR count). The molecular weight excluding hydrogens is 437 g/mol. The number of aromatic hydroxyl groups is 1. The van der Waals surface area contributed by atoms with Gasteiger partial charge in [-0.3, -0.25) is 0 Å². The monoisotopic (exact) mass is 465 g/mol. The molecule has 1 unspecified atom stereocenters. The van der Waals surface area contributed by atoms with E-state index in [1.54, 1.807) is 0 Å². The van der Waals surface area contributed by atoms with Crippen molar-refractivity contribution in [2.45, 2.75) is 40.0 Å². The molecule has 0 amide bonds. The molecule has 0 fully saturated rings. The topological polar surface area (TPSA) is 20.2 Å². The Morgan fingerprint density at radius 2 is 1.65 bits per heavy atom. The first-order valence-electron chi connectivity index (χ1n) is 8.50. The third kappa shape index (κ3) is 6.77. The van der Waals surface area contributed by atoms with Crippen LogP contribution < -0.4 is 15.9 Å². The fourth-order valence-electron chi connectivity index (χ4n) is 2.83. The molecule has 1 nitrogen and oxygen atoms in total. The van der Waals surface area contributed by atoms with Gasteiger partial charge in [0.25, 0.3) is 0 Å². The van der Waals surface area contributed by atoms with Crippen LogP contribution in [0.1, 0.15) is 37.5 Å². The van der Waals surface area contributed by atoms with Crippen LogP contribution in [0.2, 0.25) is 0 Å². The Balaban J connectivity index is 0.00000105. The normalized spacial score (nSPS) is 11.6. The van der Waals surface area contributed by atoms with Crippen LogP contribution in [0.3, 0.4) is 0 Å². The van der Waals surface area contributed by atoms with Crippen molar-refractivity contribution < 1.29 is 22.1 Å². The zero-order valence-electron chi connectivity index (χ0n) is 16.6. The van der Waals surface area contributed by atoms with Crippen molar-refractivity contribution >= 4 is 51.0 Å². The van der Waals surface area contributed by atoms with E-state index < -0.39 is 25.0 Å². The molecular formula is C20H29Cl2OP2Ti+. The van der Waals surface area contributed by atoms with Crippen molar-refractivity contribution in [2.75, 3.05) is 13.3 Å². The molecule has 2 aromatic carbocycles. The van der Waals surface area contributed by atoms with Gasteiger partial charge >= 0.3 is 35.6 Å². The fraction of sp³-hybridized carbons (Fsp3) is 0.400. The number of benzene rings is 2. The summed E-state index contributed by atoms with van der Waals surface area (Å²) in [4.78, 5) is 0. The van der Waals surface area contributed by atoms with E-state index in [1.807, 2.05) is 0 Å². The van der Waals surface area contributed by atoms with E-state index in [-0.39, 0.29) is 5.41 Å². The molecule has 0 aliphatic carbocycles. The first-order chi connectivity index (χ1) is 12.0. The number of aryl methyl sites for hydroxylation is 2. The fourth-order valence-corrected chi connectivity index (χ4v) is 6.22. The van der Waals surface area contributed by atoms with Gasteiger partial charge in [-0.2, -0.15) is 0 Å². The second kappa shape index (κ2) is 10.8. The second-order valence-electron chi connectivity index (χ2n) is 7.65. The summed E-state index contributed by atoms with van der Waals surface area (Å²) in [6.07, 6.45) is 0. The van der Waals surface area contributed by atoms with Crippen LogP contribution in [-0.2, 0) is 22.4 Å². The van der Waals surface area contributed by atoms with Gasteiger partial charge in [0.05, 0.1) is 18.6 Å². The van der Waals surface area contributed by atoms with Crippen molar-refractivity contribution in [2.24, 2.45) is 0 Å². The van der Waals surface area contributed by atoms with Crippen LogP contribution in [-0.4, -0.2) is 18.4 Å². The number of halogens is 2. The van der Waals surface area contributed by atoms with E-state index in [2.05, 4.69) is 78.3 Å². The summed E-state index contributed by atoms with van der Waals surface area (Å²) in [5.41, 5.74) is 3.57. The van der Waals surface area contributed by atoms with Gasteiger partial charge in [0.15, 0.2) is 0 Å².